The summed E-state index contributed by atoms with van der Waals surface area (Å²) >= 11 is 0. The number of carbonyl (C=O) groups excluding carboxylic acids is 2. The van der Waals surface area contributed by atoms with E-state index in [1.54, 1.807) is 4.90 Å². The summed E-state index contributed by atoms with van der Waals surface area (Å²) in [6.07, 6.45) is 1.08. The first-order valence-electron chi connectivity index (χ1n) is 8.49. The lowest BCUT2D eigenvalue weighted by Gasteiger charge is -2.23. The van der Waals surface area contributed by atoms with E-state index in [9.17, 15) is 9.59 Å². The van der Waals surface area contributed by atoms with Crippen LogP contribution in [0.25, 0.3) is 0 Å². The molecule has 2 aliphatic rings. The Bertz CT molecular complexity index is 610. The van der Waals surface area contributed by atoms with Crippen LogP contribution in [-0.4, -0.2) is 62.6 Å². The fraction of sp³-hybridized carbons (Fsp3) is 0.750. The van der Waals surface area contributed by atoms with Crippen LogP contribution < -0.4 is 0 Å². The summed E-state index contributed by atoms with van der Waals surface area (Å²) in [6, 6.07) is 0. The molecule has 7 heteroatoms. The van der Waals surface area contributed by atoms with Crippen molar-refractivity contribution in [2.75, 3.05) is 26.2 Å². The molecule has 0 aromatic carbocycles. The highest BCUT2D eigenvalue weighted by atomic mass is 16.2. The summed E-state index contributed by atoms with van der Waals surface area (Å²) in [6.45, 7) is 9.47. The topological polar surface area (TPSA) is 71.3 Å². The van der Waals surface area contributed by atoms with Crippen molar-refractivity contribution < 1.29 is 9.59 Å². The second-order valence-corrected chi connectivity index (χ2v) is 6.69. The van der Waals surface area contributed by atoms with Gasteiger partial charge in [0.1, 0.15) is 11.6 Å². The van der Waals surface area contributed by atoms with Gasteiger partial charge in [-0.15, -0.1) is 10.2 Å². The number of carbonyl (C=O) groups is 2. The second-order valence-electron chi connectivity index (χ2n) is 6.69. The number of hydrogen-bond acceptors (Lipinski definition) is 4. The van der Waals surface area contributed by atoms with Crippen LogP contribution in [0.2, 0.25) is 0 Å². The molecule has 2 aliphatic heterocycles. The van der Waals surface area contributed by atoms with Gasteiger partial charge in [0.05, 0.1) is 5.92 Å². The second kappa shape index (κ2) is 6.29. The molecule has 3 heterocycles. The van der Waals surface area contributed by atoms with E-state index in [4.69, 9.17) is 0 Å². The largest absolute Gasteiger partial charge is 0.342 e. The van der Waals surface area contributed by atoms with E-state index >= 15 is 0 Å². The minimum atomic E-state index is -0.185. The number of fused-ring (bicyclic) bond motifs is 1. The van der Waals surface area contributed by atoms with Crippen LogP contribution in [0, 0.1) is 5.92 Å². The highest BCUT2D eigenvalue weighted by Crippen LogP contribution is 2.22. The lowest BCUT2D eigenvalue weighted by Crippen LogP contribution is -2.39. The van der Waals surface area contributed by atoms with Crippen LogP contribution in [0.1, 0.15) is 44.8 Å². The highest BCUT2D eigenvalue weighted by molar-refractivity contribution is 5.89. The van der Waals surface area contributed by atoms with Crippen molar-refractivity contribution >= 4 is 11.8 Å². The number of nitrogens with zero attached hydrogens (tertiary/aromatic N) is 5. The molecule has 1 saturated heterocycles. The summed E-state index contributed by atoms with van der Waals surface area (Å²) in [7, 11) is 0. The molecule has 1 aromatic rings. The van der Waals surface area contributed by atoms with Crippen molar-refractivity contribution in [3.05, 3.63) is 11.6 Å². The molecule has 1 atom stereocenters. The fourth-order valence-electron chi connectivity index (χ4n) is 3.49. The van der Waals surface area contributed by atoms with Gasteiger partial charge in [0.2, 0.25) is 11.8 Å². The first kappa shape index (κ1) is 16.0. The Morgan fingerprint density at radius 3 is 2.70 bits per heavy atom. The molecule has 3 rings (SSSR count). The Morgan fingerprint density at radius 2 is 2.04 bits per heavy atom. The number of likely N-dealkylation sites (tertiary alicyclic amines) is 1. The maximum atomic E-state index is 12.8. The normalized spacial score (nSPS) is 21.7. The molecule has 1 aromatic heterocycles. The first-order chi connectivity index (χ1) is 11.0. The molecule has 0 radical (unpaired) electrons. The van der Waals surface area contributed by atoms with Crippen molar-refractivity contribution in [2.45, 2.75) is 46.1 Å². The van der Waals surface area contributed by atoms with Crippen LogP contribution in [0.5, 0.6) is 0 Å². The molecular formula is C16H25N5O2. The molecule has 0 bridgehead atoms. The SMILES string of the molecule is CCN1C[C@H](C(=O)N2CCc3nnc(C(C)C)n3CC2)CC1=O. The van der Waals surface area contributed by atoms with Gasteiger partial charge in [-0.25, -0.2) is 0 Å². The molecule has 23 heavy (non-hydrogen) atoms. The van der Waals surface area contributed by atoms with Gasteiger partial charge in [-0.2, -0.15) is 0 Å². The third kappa shape index (κ3) is 2.96. The van der Waals surface area contributed by atoms with Gasteiger partial charge in [0, 0.05) is 51.5 Å². The first-order valence-corrected chi connectivity index (χ1v) is 8.49. The molecule has 0 saturated carbocycles. The molecular weight excluding hydrogens is 294 g/mol. The molecule has 0 aliphatic carbocycles. The van der Waals surface area contributed by atoms with Crippen molar-refractivity contribution in [1.82, 2.24) is 24.6 Å². The Labute approximate surface area is 136 Å². The maximum absolute atomic E-state index is 12.8. The van der Waals surface area contributed by atoms with Crippen molar-refractivity contribution in [1.29, 1.82) is 0 Å². The Kier molecular flexibility index (Phi) is 4.37. The lowest BCUT2D eigenvalue weighted by molar-refractivity contribution is -0.135. The summed E-state index contributed by atoms with van der Waals surface area (Å²) in [5.74, 6) is 2.29. The van der Waals surface area contributed by atoms with E-state index in [0.717, 1.165) is 24.6 Å². The lowest BCUT2D eigenvalue weighted by atomic mass is 10.1. The maximum Gasteiger partial charge on any atom is 0.228 e. The Balaban J connectivity index is 1.68. The summed E-state index contributed by atoms with van der Waals surface area (Å²) in [5, 5.41) is 8.55. The minimum absolute atomic E-state index is 0.0971. The average molecular weight is 319 g/mol. The van der Waals surface area contributed by atoms with Crippen LogP contribution in [-0.2, 0) is 22.6 Å². The zero-order chi connectivity index (χ0) is 16.6. The number of hydrogen-bond donors (Lipinski definition) is 0. The van der Waals surface area contributed by atoms with Gasteiger partial charge < -0.3 is 14.4 Å². The van der Waals surface area contributed by atoms with Gasteiger partial charge in [0.25, 0.3) is 0 Å². The van der Waals surface area contributed by atoms with E-state index < -0.39 is 0 Å². The van der Waals surface area contributed by atoms with Crippen molar-refractivity contribution in [3.8, 4) is 0 Å². The standard InChI is InChI=1S/C16H25N5O2/c1-4-19-10-12(9-14(19)22)16(23)20-6-5-13-17-18-15(11(2)3)21(13)8-7-20/h11-12H,4-10H2,1-3H3/t12-/m1/s1. The number of amides is 2. The van der Waals surface area contributed by atoms with Gasteiger partial charge in [-0.1, -0.05) is 13.8 Å². The Morgan fingerprint density at radius 1 is 1.26 bits per heavy atom. The van der Waals surface area contributed by atoms with Gasteiger partial charge in [-0.05, 0) is 6.92 Å². The van der Waals surface area contributed by atoms with Gasteiger partial charge in [-0.3, -0.25) is 9.59 Å². The van der Waals surface area contributed by atoms with Crippen LogP contribution >= 0.6 is 0 Å². The minimum Gasteiger partial charge on any atom is -0.342 e. The van der Waals surface area contributed by atoms with E-state index in [1.807, 2.05) is 11.8 Å². The molecule has 1 fully saturated rings. The molecule has 0 N–H and O–H groups in total. The Hall–Kier alpha value is -1.92. The van der Waals surface area contributed by atoms with E-state index in [0.29, 0.717) is 38.5 Å². The van der Waals surface area contributed by atoms with Gasteiger partial charge in [0.15, 0.2) is 0 Å². The quantitative estimate of drug-likeness (QED) is 0.820. The molecule has 126 valence electrons. The molecule has 0 unspecified atom stereocenters. The van der Waals surface area contributed by atoms with E-state index in [-0.39, 0.29) is 17.7 Å². The average Bonchev–Trinajstić information content (AvgIpc) is 3.04. The monoisotopic (exact) mass is 319 g/mol. The zero-order valence-electron chi connectivity index (χ0n) is 14.2. The van der Waals surface area contributed by atoms with E-state index in [1.165, 1.54) is 0 Å². The smallest absolute Gasteiger partial charge is 0.228 e. The van der Waals surface area contributed by atoms with Crippen LogP contribution in [0.15, 0.2) is 0 Å². The third-order valence-electron chi connectivity index (χ3n) is 4.83. The fourth-order valence-corrected chi connectivity index (χ4v) is 3.49. The summed E-state index contributed by atoms with van der Waals surface area (Å²) < 4.78 is 2.15. The summed E-state index contributed by atoms with van der Waals surface area (Å²) in [4.78, 5) is 28.3. The third-order valence-corrected chi connectivity index (χ3v) is 4.83. The van der Waals surface area contributed by atoms with Crippen molar-refractivity contribution in [3.63, 3.8) is 0 Å². The molecule has 7 nitrogen and oxygen atoms in total. The molecule has 0 spiro atoms. The number of rotatable bonds is 3. The predicted molar refractivity (Wildman–Crippen MR) is 84.8 cm³/mol. The van der Waals surface area contributed by atoms with Gasteiger partial charge >= 0.3 is 0 Å². The van der Waals surface area contributed by atoms with Crippen molar-refractivity contribution in [2.24, 2.45) is 5.92 Å². The molecule has 2 amide bonds. The summed E-state index contributed by atoms with van der Waals surface area (Å²) in [5.41, 5.74) is 0. The predicted octanol–water partition coefficient (Wildman–Crippen LogP) is 0.655. The number of aromatic nitrogens is 3. The zero-order valence-corrected chi connectivity index (χ0v) is 14.2. The highest BCUT2D eigenvalue weighted by Gasteiger charge is 2.36. The van der Waals surface area contributed by atoms with Crippen LogP contribution in [0.4, 0.5) is 0 Å². The van der Waals surface area contributed by atoms with Crippen LogP contribution in [0.3, 0.4) is 0 Å². The van der Waals surface area contributed by atoms with E-state index in [2.05, 4.69) is 28.6 Å².